The minimum Gasteiger partial charge on any atom is -0.339 e. The third-order valence-corrected chi connectivity index (χ3v) is 4.83. The van der Waals surface area contributed by atoms with Crippen molar-refractivity contribution in [2.24, 2.45) is 0 Å². The maximum absolute atomic E-state index is 11.7. The smallest absolute Gasteiger partial charge is 0.232 e. The van der Waals surface area contributed by atoms with Crippen LogP contribution in [0.2, 0.25) is 0 Å². The van der Waals surface area contributed by atoms with Crippen molar-refractivity contribution in [2.75, 3.05) is 15.8 Å². The zero-order valence-corrected chi connectivity index (χ0v) is 13.9. The van der Waals surface area contributed by atoms with Crippen LogP contribution in [0, 0.1) is 0 Å². The lowest BCUT2D eigenvalue weighted by Crippen LogP contribution is -2.16. The first kappa shape index (κ1) is 15.8. The van der Waals surface area contributed by atoms with Crippen LogP contribution in [-0.2, 0) is 10.0 Å². The van der Waals surface area contributed by atoms with Crippen molar-refractivity contribution >= 4 is 43.1 Å². The lowest BCUT2D eigenvalue weighted by molar-refractivity contribution is 0.600. The molecule has 0 aliphatic carbocycles. The minimum atomic E-state index is -3.28. The molecule has 0 radical (unpaired) electrons. The Kier molecular flexibility index (Phi) is 5.19. The molecule has 1 aromatic heterocycles. The summed E-state index contributed by atoms with van der Waals surface area (Å²) in [5.74, 6) is 0.740. The highest BCUT2D eigenvalue weighted by atomic mass is 79.9. The van der Waals surface area contributed by atoms with E-state index in [0.29, 0.717) is 17.9 Å². The molecule has 0 unspecified atom stereocenters. The fourth-order valence-electron chi connectivity index (χ4n) is 1.73. The number of rotatable bonds is 6. The molecule has 0 spiro atoms. The number of para-hydroxylation sites is 1. The fourth-order valence-corrected chi connectivity index (χ4v) is 3.23. The number of anilines is 3. The fraction of sp³-hybridized carbons (Fsp3) is 0.214. The standard InChI is InChI=1S/C14H16BrN3O2S/c1-2-9-21(19,20)18-11-7-8-14(16-10-11)17-13-6-4-3-5-12(13)15/h3-8,10,18H,2,9H2,1H3,(H,16,17). The Balaban J connectivity index is 2.08. The summed E-state index contributed by atoms with van der Waals surface area (Å²) in [6.07, 6.45) is 2.07. The summed E-state index contributed by atoms with van der Waals surface area (Å²) in [5.41, 5.74) is 1.35. The molecule has 2 N–H and O–H groups in total. The van der Waals surface area contributed by atoms with Gasteiger partial charge in [0.2, 0.25) is 10.0 Å². The molecule has 2 aromatic rings. The summed E-state index contributed by atoms with van der Waals surface area (Å²) in [6.45, 7) is 1.82. The van der Waals surface area contributed by atoms with E-state index >= 15 is 0 Å². The van der Waals surface area contributed by atoms with Gasteiger partial charge in [-0.05, 0) is 46.6 Å². The van der Waals surface area contributed by atoms with E-state index in [-0.39, 0.29) is 5.75 Å². The summed E-state index contributed by atoms with van der Waals surface area (Å²) in [6, 6.07) is 11.1. The molecular formula is C14H16BrN3O2S. The molecule has 0 bridgehead atoms. The van der Waals surface area contributed by atoms with Gasteiger partial charge in [0.25, 0.3) is 0 Å². The van der Waals surface area contributed by atoms with Crippen molar-refractivity contribution in [2.45, 2.75) is 13.3 Å². The zero-order valence-electron chi connectivity index (χ0n) is 11.5. The number of nitrogens with zero attached hydrogens (tertiary/aromatic N) is 1. The summed E-state index contributed by atoms with van der Waals surface area (Å²) in [7, 11) is -3.28. The molecule has 1 heterocycles. The van der Waals surface area contributed by atoms with Crippen LogP contribution in [0.15, 0.2) is 47.1 Å². The van der Waals surface area contributed by atoms with Crippen LogP contribution in [0.1, 0.15) is 13.3 Å². The van der Waals surface area contributed by atoms with Gasteiger partial charge in [0.1, 0.15) is 5.82 Å². The minimum absolute atomic E-state index is 0.101. The Morgan fingerprint density at radius 2 is 1.95 bits per heavy atom. The quantitative estimate of drug-likeness (QED) is 0.813. The van der Waals surface area contributed by atoms with Crippen LogP contribution in [0.5, 0.6) is 0 Å². The number of hydrogen-bond donors (Lipinski definition) is 2. The van der Waals surface area contributed by atoms with Crippen molar-refractivity contribution in [1.82, 2.24) is 4.98 Å². The van der Waals surface area contributed by atoms with E-state index in [2.05, 4.69) is 31.0 Å². The van der Waals surface area contributed by atoms with Gasteiger partial charge >= 0.3 is 0 Å². The molecule has 0 aliphatic heterocycles. The molecule has 0 saturated carbocycles. The van der Waals surface area contributed by atoms with E-state index in [9.17, 15) is 8.42 Å². The third kappa shape index (κ3) is 4.71. The van der Waals surface area contributed by atoms with Gasteiger partial charge in [-0.25, -0.2) is 13.4 Å². The van der Waals surface area contributed by atoms with Crippen LogP contribution in [0.25, 0.3) is 0 Å². The predicted octanol–water partition coefficient (Wildman–Crippen LogP) is 3.74. The van der Waals surface area contributed by atoms with Crippen LogP contribution >= 0.6 is 15.9 Å². The average molecular weight is 370 g/mol. The second-order valence-corrected chi connectivity index (χ2v) is 7.15. The molecule has 112 valence electrons. The molecule has 5 nitrogen and oxygen atoms in total. The highest BCUT2D eigenvalue weighted by Gasteiger charge is 2.09. The van der Waals surface area contributed by atoms with E-state index in [0.717, 1.165) is 10.2 Å². The highest BCUT2D eigenvalue weighted by Crippen LogP contribution is 2.24. The number of hydrogen-bond acceptors (Lipinski definition) is 4. The van der Waals surface area contributed by atoms with Gasteiger partial charge in [-0.2, -0.15) is 0 Å². The predicted molar refractivity (Wildman–Crippen MR) is 89.4 cm³/mol. The number of nitrogens with one attached hydrogen (secondary N) is 2. The normalized spacial score (nSPS) is 11.1. The Labute approximate surface area is 133 Å². The van der Waals surface area contributed by atoms with Crippen LogP contribution in [0.3, 0.4) is 0 Å². The molecule has 0 aliphatic rings. The molecule has 0 amide bonds. The van der Waals surface area contributed by atoms with Gasteiger partial charge in [0.15, 0.2) is 0 Å². The van der Waals surface area contributed by atoms with Gasteiger partial charge in [0, 0.05) is 4.47 Å². The first-order chi connectivity index (χ1) is 10.00. The van der Waals surface area contributed by atoms with Crippen LogP contribution < -0.4 is 10.0 Å². The van der Waals surface area contributed by atoms with E-state index in [1.807, 2.05) is 31.2 Å². The number of sulfonamides is 1. The average Bonchev–Trinajstić information content (AvgIpc) is 2.43. The van der Waals surface area contributed by atoms with E-state index in [1.165, 1.54) is 6.20 Å². The Bertz CT molecular complexity index is 702. The molecule has 0 saturated heterocycles. The van der Waals surface area contributed by atoms with Gasteiger partial charge in [-0.1, -0.05) is 19.1 Å². The van der Waals surface area contributed by atoms with Crippen molar-refractivity contribution in [1.29, 1.82) is 0 Å². The Morgan fingerprint density at radius 1 is 1.19 bits per heavy atom. The van der Waals surface area contributed by atoms with E-state index in [1.54, 1.807) is 12.1 Å². The molecule has 0 atom stereocenters. The van der Waals surface area contributed by atoms with Gasteiger partial charge < -0.3 is 5.32 Å². The maximum atomic E-state index is 11.7. The Morgan fingerprint density at radius 3 is 2.57 bits per heavy atom. The van der Waals surface area contributed by atoms with E-state index in [4.69, 9.17) is 0 Å². The second-order valence-electron chi connectivity index (χ2n) is 4.46. The zero-order chi connectivity index (χ0) is 15.3. The third-order valence-electron chi connectivity index (χ3n) is 2.65. The summed E-state index contributed by atoms with van der Waals surface area (Å²) < 4.78 is 26.7. The number of benzene rings is 1. The largest absolute Gasteiger partial charge is 0.339 e. The van der Waals surface area contributed by atoms with Crippen LogP contribution in [-0.4, -0.2) is 19.2 Å². The van der Waals surface area contributed by atoms with Crippen molar-refractivity contribution in [3.05, 3.63) is 47.1 Å². The summed E-state index contributed by atoms with van der Waals surface area (Å²) >= 11 is 3.44. The van der Waals surface area contributed by atoms with E-state index < -0.39 is 10.0 Å². The van der Waals surface area contributed by atoms with Gasteiger partial charge in [-0.15, -0.1) is 0 Å². The SMILES string of the molecule is CCCS(=O)(=O)Nc1ccc(Nc2ccccc2Br)nc1. The molecule has 21 heavy (non-hydrogen) atoms. The first-order valence-corrected chi connectivity index (χ1v) is 8.93. The summed E-state index contributed by atoms with van der Waals surface area (Å²) in [4.78, 5) is 4.20. The van der Waals surface area contributed by atoms with Crippen molar-refractivity contribution in [3.63, 3.8) is 0 Å². The second kappa shape index (κ2) is 6.91. The summed E-state index contributed by atoms with van der Waals surface area (Å²) in [5, 5.41) is 3.15. The topological polar surface area (TPSA) is 71.1 Å². The number of pyridine rings is 1. The first-order valence-electron chi connectivity index (χ1n) is 6.48. The highest BCUT2D eigenvalue weighted by molar-refractivity contribution is 9.10. The van der Waals surface area contributed by atoms with Crippen molar-refractivity contribution < 1.29 is 8.42 Å². The van der Waals surface area contributed by atoms with Crippen molar-refractivity contribution in [3.8, 4) is 0 Å². The molecule has 0 fully saturated rings. The monoisotopic (exact) mass is 369 g/mol. The molecule has 7 heteroatoms. The Hall–Kier alpha value is -1.60. The lowest BCUT2D eigenvalue weighted by atomic mass is 10.3. The lowest BCUT2D eigenvalue weighted by Gasteiger charge is -2.09. The molecule has 2 rings (SSSR count). The molecular weight excluding hydrogens is 354 g/mol. The molecule has 1 aromatic carbocycles. The van der Waals surface area contributed by atoms with Gasteiger partial charge in [0.05, 0.1) is 23.3 Å². The van der Waals surface area contributed by atoms with Crippen LogP contribution in [0.4, 0.5) is 17.2 Å². The van der Waals surface area contributed by atoms with Gasteiger partial charge in [-0.3, -0.25) is 4.72 Å². The number of aromatic nitrogens is 1. The number of halogens is 1. The maximum Gasteiger partial charge on any atom is 0.232 e.